The molecule has 1 atom stereocenters. The van der Waals surface area contributed by atoms with Crippen LogP contribution in [0, 0.1) is 0 Å². The predicted octanol–water partition coefficient (Wildman–Crippen LogP) is 1.64. The Morgan fingerprint density at radius 3 is 2.75 bits per heavy atom. The van der Waals surface area contributed by atoms with E-state index in [1.54, 1.807) is 12.4 Å². The van der Waals surface area contributed by atoms with Crippen LogP contribution in [0.25, 0.3) is 0 Å². The fraction of sp³-hybridized carbons (Fsp3) is 0.500. The highest BCUT2D eigenvalue weighted by Gasteiger charge is 1.98. The van der Waals surface area contributed by atoms with Crippen molar-refractivity contribution in [3.63, 3.8) is 0 Å². The van der Waals surface area contributed by atoms with Crippen LogP contribution < -0.4 is 5.32 Å². The smallest absolute Gasteiger partial charge is 0.222 e. The summed E-state index contributed by atoms with van der Waals surface area (Å²) in [4.78, 5) is 8.11. The standard InChI is InChI=1S/C8H13N3S/c1-7(12-2)6-11-8-9-4-3-5-10-8/h3-5,7H,6H2,1-2H3,(H,9,10,11). The zero-order valence-corrected chi connectivity index (χ0v) is 8.14. The number of anilines is 1. The molecule has 3 nitrogen and oxygen atoms in total. The first-order valence-electron chi connectivity index (χ1n) is 3.86. The third kappa shape index (κ3) is 3.09. The van der Waals surface area contributed by atoms with Crippen LogP contribution in [0.3, 0.4) is 0 Å². The minimum absolute atomic E-state index is 0.591. The SMILES string of the molecule is CSC(C)CNc1ncccn1. The maximum absolute atomic E-state index is 4.05. The highest BCUT2D eigenvalue weighted by Crippen LogP contribution is 2.05. The van der Waals surface area contributed by atoms with Crippen molar-refractivity contribution in [3.05, 3.63) is 18.5 Å². The lowest BCUT2D eigenvalue weighted by Crippen LogP contribution is -2.14. The van der Waals surface area contributed by atoms with Gasteiger partial charge in [0.1, 0.15) is 0 Å². The van der Waals surface area contributed by atoms with E-state index in [0.717, 1.165) is 6.54 Å². The molecule has 1 heterocycles. The van der Waals surface area contributed by atoms with Gasteiger partial charge in [0.15, 0.2) is 0 Å². The summed E-state index contributed by atoms with van der Waals surface area (Å²) in [5.41, 5.74) is 0. The lowest BCUT2D eigenvalue weighted by atomic mass is 10.5. The molecule has 0 aliphatic rings. The molecule has 0 fully saturated rings. The van der Waals surface area contributed by atoms with Gasteiger partial charge < -0.3 is 5.32 Å². The molecular weight excluding hydrogens is 170 g/mol. The van der Waals surface area contributed by atoms with Crippen LogP contribution in [0.1, 0.15) is 6.92 Å². The van der Waals surface area contributed by atoms with E-state index < -0.39 is 0 Å². The largest absolute Gasteiger partial charge is 0.353 e. The first-order chi connectivity index (χ1) is 5.83. The Hall–Kier alpha value is -0.770. The zero-order valence-electron chi connectivity index (χ0n) is 7.32. The van der Waals surface area contributed by atoms with Gasteiger partial charge in [-0.2, -0.15) is 11.8 Å². The van der Waals surface area contributed by atoms with E-state index in [9.17, 15) is 0 Å². The minimum atomic E-state index is 0.591. The van der Waals surface area contributed by atoms with Crippen molar-refractivity contribution in [2.45, 2.75) is 12.2 Å². The van der Waals surface area contributed by atoms with Crippen LogP contribution in [0.15, 0.2) is 18.5 Å². The summed E-state index contributed by atoms with van der Waals surface area (Å²) >= 11 is 1.83. The molecule has 0 aliphatic heterocycles. The third-order valence-electron chi connectivity index (χ3n) is 1.52. The second-order valence-corrected chi connectivity index (χ2v) is 3.78. The molecule has 66 valence electrons. The first-order valence-corrected chi connectivity index (χ1v) is 5.15. The van der Waals surface area contributed by atoms with E-state index in [1.807, 2.05) is 17.8 Å². The molecule has 1 aromatic rings. The number of rotatable bonds is 4. The van der Waals surface area contributed by atoms with E-state index in [1.165, 1.54) is 0 Å². The van der Waals surface area contributed by atoms with Crippen molar-refractivity contribution >= 4 is 17.7 Å². The average Bonchev–Trinajstić information content (AvgIpc) is 2.16. The Bertz CT molecular complexity index is 215. The minimum Gasteiger partial charge on any atom is -0.353 e. The fourth-order valence-corrected chi connectivity index (χ4v) is 0.959. The number of aromatic nitrogens is 2. The monoisotopic (exact) mass is 183 g/mol. The Kier molecular flexibility index (Phi) is 3.87. The molecule has 0 amide bonds. The van der Waals surface area contributed by atoms with Gasteiger partial charge in [-0.1, -0.05) is 6.92 Å². The van der Waals surface area contributed by atoms with Crippen LogP contribution in [-0.4, -0.2) is 28.0 Å². The predicted molar refractivity (Wildman–Crippen MR) is 53.5 cm³/mol. The van der Waals surface area contributed by atoms with Crippen LogP contribution in [0.5, 0.6) is 0 Å². The van der Waals surface area contributed by atoms with Gasteiger partial charge in [0.2, 0.25) is 5.95 Å². The lowest BCUT2D eigenvalue weighted by Gasteiger charge is -2.08. The van der Waals surface area contributed by atoms with Crippen LogP contribution in [0.2, 0.25) is 0 Å². The molecule has 4 heteroatoms. The third-order valence-corrected chi connectivity index (χ3v) is 2.49. The van der Waals surface area contributed by atoms with Gasteiger partial charge in [-0.25, -0.2) is 9.97 Å². The van der Waals surface area contributed by atoms with Crippen molar-refractivity contribution in [2.75, 3.05) is 18.1 Å². The van der Waals surface area contributed by atoms with E-state index in [2.05, 4.69) is 28.5 Å². The zero-order chi connectivity index (χ0) is 8.81. The second-order valence-electron chi connectivity index (χ2n) is 2.50. The summed E-state index contributed by atoms with van der Waals surface area (Å²) in [6.07, 6.45) is 5.57. The van der Waals surface area contributed by atoms with E-state index in [0.29, 0.717) is 11.2 Å². The summed E-state index contributed by atoms with van der Waals surface area (Å²) in [5.74, 6) is 0.707. The number of thioether (sulfide) groups is 1. The van der Waals surface area contributed by atoms with Crippen LogP contribution in [0.4, 0.5) is 5.95 Å². The van der Waals surface area contributed by atoms with Gasteiger partial charge in [0.25, 0.3) is 0 Å². The molecule has 0 saturated heterocycles. The molecule has 1 unspecified atom stereocenters. The molecule has 0 aromatic carbocycles. The normalized spacial score (nSPS) is 12.5. The second kappa shape index (κ2) is 4.98. The summed E-state index contributed by atoms with van der Waals surface area (Å²) in [7, 11) is 0. The van der Waals surface area contributed by atoms with Crippen LogP contribution >= 0.6 is 11.8 Å². The van der Waals surface area contributed by atoms with E-state index in [4.69, 9.17) is 0 Å². The molecule has 1 aromatic heterocycles. The molecule has 0 bridgehead atoms. The maximum atomic E-state index is 4.05. The first kappa shape index (κ1) is 9.32. The summed E-state index contributed by atoms with van der Waals surface area (Å²) in [6, 6.07) is 1.81. The number of nitrogens with zero attached hydrogens (tertiary/aromatic N) is 2. The van der Waals surface area contributed by atoms with Gasteiger partial charge >= 0.3 is 0 Å². The molecule has 0 radical (unpaired) electrons. The molecule has 0 saturated carbocycles. The lowest BCUT2D eigenvalue weighted by molar-refractivity contribution is 0.972. The van der Waals surface area contributed by atoms with Gasteiger partial charge in [-0.3, -0.25) is 0 Å². The van der Waals surface area contributed by atoms with Crippen LogP contribution in [-0.2, 0) is 0 Å². The fourth-order valence-electron chi connectivity index (χ4n) is 0.709. The van der Waals surface area contributed by atoms with E-state index in [-0.39, 0.29) is 0 Å². The van der Waals surface area contributed by atoms with Crippen molar-refractivity contribution in [3.8, 4) is 0 Å². The van der Waals surface area contributed by atoms with Gasteiger partial charge in [0, 0.05) is 24.2 Å². The Morgan fingerprint density at radius 1 is 1.50 bits per heavy atom. The Labute approximate surface area is 77.0 Å². The van der Waals surface area contributed by atoms with Crippen molar-refractivity contribution < 1.29 is 0 Å². The van der Waals surface area contributed by atoms with E-state index >= 15 is 0 Å². The quantitative estimate of drug-likeness (QED) is 0.770. The molecule has 1 N–H and O–H groups in total. The summed E-state index contributed by atoms with van der Waals surface area (Å²) in [6.45, 7) is 3.08. The average molecular weight is 183 g/mol. The van der Waals surface area contributed by atoms with Crippen molar-refractivity contribution in [2.24, 2.45) is 0 Å². The topological polar surface area (TPSA) is 37.8 Å². The van der Waals surface area contributed by atoms with Gasteiger partial charge in [0.05, 0.1) is 0 Å². The number of hydrogen-bond acceptors (Lipinski definition) is 4. The van der Waals surface area contributed by atoms with Gasteiger partial charge in [-0.05, 0) is 12.3 Å². The number of hydrogen-bond donors (Lipinski definition) is 1. The Morgan fingerprint density at radius 2 is 2.17 bits per heavy atom. The molecule has 0 aliphatic carbocycles. The van der Waals surface area contributed by atoms with Crippen molar-refractivity contribution in [1.29, 1.82) is 0 Å². The highest BCUT2D eigenvalue weighted by molar-refractivity contribution is 7.99. The summed E-state index contributed by atoms with van der Waals surface area (Å²) < 4.78 is 0. The molecular formula is C8H13N3S. The van der Waals surface area contributed by atoms with Gasteiger partial charge in [-0.15, -0.1) is 0 Å². The Balaban J connectivity index is 2.33. The number of nitrogens with one attached hydrogen (secondary N) is 1. The maximum Gasteiger partial charge on any atom is 0.222 e. The van der Waals surface area contributed by atoms with Crippen molar-refractivity contribution in [1.82, 2.24) is 9.97 Å². The summed E-state index contributed by atoms with van der Waals surface area (Å²) in [5, 5.41) is 3.74. The molecule has 0 spiro atoms. The highest BCUT2D eigenvalue weighted by atomic mass is 32.2. The molecule has 12 heavy (non-hydrogen) atoms. The molecule has 1 rings (SSSR count).